The lowest BCUT2D eigenvalue weighted by Gasteiger charge is -2.34. The van der Waals surface area contributed by atoms with Crippen molar-refractivity contribution in [3.63, 3.8) is 0 Å². The Labute approximate surface area is 247 Å². The normalized spacial score (nSPS) is 12.0. The fraction of sp³-hybridized carbons (Fsp3) is 0.333. The first-order valence-corrected chi connectivity index (χ1v) is 15.7. The van der Waals surface area contributed by atoms with E-state index in [-0.39, 0.29) is 29.6 Å². The highest BCUT2D eigenvalue weighted by Crippen LogP contribution is 2.30. The predicted molar refractivity (Wildman–Crippen MR) is 162 cm³/mol. The van der Waals surface area contributed by atoms with Crippen molar-refractivity contribution in [3.8, 4) is 0 Å². The van der Waals surface area contributed by atoms with E-state index in [0.29, 0.717) is 11.6 Å². The van der Waals surface area contributed by atoms with Gasteiger partial charge in [-0.15, -0.1) is 0 Å². The lowest BCUT2D eigenvalue weighted by molar-refractivity contribution is -0.140. The Morgan fingerprint density at radius 2 is 1.65 bits per heavy atom. The largest absolute Gasteiger partial charge is 0.354 e. The Hall–Kier alpha value is -3.07. The Balaban J connectivity index is 2.06. The van der Waals surface area contributed by atoms with Gasteiger partial charge in [-0.25, -0.2) is 8.42 Å². The molecule has 0 unspecified atom stereocenters. The quantitative estimate of drug-likeness (QED) is 0.257. The molecule has 0 heterocycles. The number of carbonyl (C=O) groups excluding carboxylic acids is 2. The third-order valence-electron chi connectivity index (χ3n) is 6.56. The van der Waals surface area contributed by atoms with E-state index in [1.54, 1.807) is 0 Å². The molecule has 0 radical (unpaired) electrons. The van der Waals surface area contributed by atoms with Gasteiger partial charge in [0.15, 0.2) is 0 Å². The first kappa shape index (κ1) is 31.5. The fourth-order valence-electron chi connectivity index (χ4n) is 4.31. The predicted octanol–water partition coefficient (Wildman–Crippen LogP) is 5.62. The average Bonchev–Trinajstić information content (AvgIpc) is 2.90. The van der Waals surface area contributed by atoms with Crippen molar-refractivity contribution in [2.45, 2.75) is 45.7 Å². The summed E-state index contributed by atoms with van der Waals surface area (Å²) in [7, 11) is -3.93. The van der Waals surface area contributed by atoms with Crippen molar-refractivity contribution in [2.24, 2.45) is 0 Å². The number of hydrogen-bond donors (Lipinski definition) is 1. The number of unbranched alkanes of at least 4 members (excludes halogenated alkanes) is 1. The zero-order valence-corrected chi connectivity index (χ0v) is 25.3. The molecule has 0 fully saturated rings. The summed E-state index contributed by atoms with van der Waals surface area (Å²) in [4.78, 5) is 29.2. The highest BCUT2D eigenvalue weighted by Gasteiger charge is 2.33. The molecule has 3 aromatic carbocycles. The van der Waals surface area contributed by atoms with Gasteiger partial charge in [0, 0.05) is 24.5 Å². The number of benzene rings is 3. The van der Waals surface area contributed by atoms with Crippen LogP contribution in [0.2, 0.25) is 10.0 Å². The van der Waals surface area contributed by atoms with Crippen LogP contribution in [0.25, 0.3) is 0 Å². The highest BCUT2D eigenvalue weighted by molar-refractivity contribution is 7.92. The molecule has 0 aliphatic carbocycles. The summed E-state index contributed by atoms with van der Waals surface area (Å²) in [6.45, 7) is 4.02. The molecule has 0 spiro atoms. The number of halogens is 2. The molecule has 40 heavy (non-hydrogen) atoms. The minimum Gasteiger partial charge on any atom is -0.354 e. The topological polar surface area (TPSA) is 86.8 Å². The average molecular weight is 605 g/mol. The molecule has 10 heteroatoms. The SMILES string of the molecule is CCCCNC(=O)[C@@H](Cc1ccccc1)N(Cc1ccccc1C)C(=O)CN(c1ccc(Cl)cc1Cl)S(C)(=O)=O. The molecular weight excluding hydrogens is 569 g/mol. The van der Waals surface area contributed by atoms with Crippen LogP contribution in [0.1, 0.15) is 36.5 Å². The lowest BCUT2D eigenvalue weighted by Crippen LogP contribution is -2.53. The van der Waals surface area contributed by atoms with Crippen molar-refractivity contribution in [2.75, 3.05) is 23.7 Å². The highest BCUT2D eigenvalue weighted by atomic mass is 35.5. The minimum absolute atomic E-state index is 0.0920. The van der Waals surface area contributed by atoms with E-state index in [9.17, 15) is 18.0 Å². The van der Waals surface area contributed by atoms with E-state index >= 15 is 0 Å². The van der Waals surface area contributed by atoms with Gasteiger partial charge in [0.05, 0.1) is 17.0 Å². The summed E-state index contributed by atoms with van der Waals surface area (Å²) in [5, 5.41) is 3.40. The first-order valence-electron chi connectivity index (χ1n) is 13.1. The number of hydrogen-bond acceptors (Lipinski definition) is 4. The van der Waals surface area contributed by atoms with Crippen molar-refractivity contribution >= 4 is 50.7 Å². The summed E-state index contributed by atoms with van der Waals surface area (Å²) in [6, 6.07) is 20.6. The van der Waals surface area contributed by atoms with Crippen LogP contribution in [-0.2, 0) is 32.6 Å². The second-order valence-corrected chi connectivity index (χ2v) is 12.4. The number of amides is 2. The van der Waals surface area contributed by atoms with Gasteiger partial charge >= 0.3 is 0 Å². The maximum absolute atomic E-state index is 14.1. The van der Waals surface area contributed by atoms with E-state index in [4.69, 9.17) is 23.2 Å². The standard InChI is InChI=1S/C30H35Cl2N3O4S/c1-4-5-17-33-30(37)28(18-23-12-7-6-8-13-23)34(20-24-14-10-9-11-22(24)2)29(36)21-35(40(3,38)39)27-16-15-25(31)19-26(27)32/h6-16,19,28H,4-5,17-18,20-21H2,1-3H3,(H,33,37)/t28-/m1/s1. The van der Waals surface area contributed by atoms with Gasteiger partial charge in [0.25, 0.3) is 0 Å². The molecule has 1 N–H and O–H groups in total. The molecular formula is C30H35Cl2N3O4S. The van der Waals surface area contributed by atoms with Gasteiger partial charge in [0.1, 0.15) is 12.6 Å². The van der Waals surface area contributed by atoms with Crippen LogP contribution < -0.4 is 9.62 Å². The summed E-state index contributed by atoms with van der Waals surface area (Å²) in [6.07, 6.45) is 2.97. The van der Waals surface area contributed by atoms with Crippen LogP contribution in [0, 0.1) is 6.92 Å². The van der Waals surface area contributed by atoms with Crippen LogP contribution in [0.4, 0.5) is 5.69 Å². The zero-order chi connectivity index (χ0) is 29.3. The first-order chi connectivity index (χ1) is 19.0. The molecule has 214 valence electrons. The number of rotatable bonds is 13. The number of nitrogens with one attached hydrogen (secondary N) is 1. The second kappa shape index (κ2) is 14.5. The molecule has 0 aliphatic heterocycles. The van der Waals surface area contributed by atoms with E-state index < -0.39 is 28.5 Å². The summed E-state index contributed by atoms with van der Waals surface area (Å²) < 4.78 is 26.7. The van der Waals surface area contributed by atoms with E-state index in [2.05, 4.69) is 5.32 Å². The van der Waals surface area contributed by atoms with Gasteiger partial charge in [-0.05, 0) is 48.2 Å². The molecule has 3 rings (SSSR count). The molecule has 0 aromatic heterocycles. The molecule has 0 saturated carbocycles. The lowest BCUT2D eigenvalue weighted by atomic mass is 10.0. The smallest absolute Gasteiger partial charge is 0.244 e. The third kappa shape index (κ3) is 8.71. The zero-order valence-electron chi connectivity index (χ0n) is 22.9. The third-order valence-corrected chi connectivity index (χ3v) is 8.22. The Morgan fingerprint density at radius 3 is 2.27 bits per heavy atom. The molecule has 7 nitrogen and oxygen atoms in total. The van der Waals surface area contributed by atoms with Crippen molar-refractivity contribution < 1.29 is 18.0 Å². The van der Waals surface area contributed by atoms with Gasteiger partial charge in [-0.3, -0.25) is 13.9 Å². The van der Waals surface area contributed by atoms with Crippen LogP contribution in [0.3, 0.4) is 0 Å². The molecule has 3 aromatic rings. The van der Waals surface area contributed by atoms with Crippen molar-refractivity contribution in [1.82, 2.24) is 10.2 Å². The van der Waals surface area contributed by atoms with Crippen LogP contribution in [-0.4, -0.2) is 50.5 Å². The number of anilines is 1. The van der Waals surface area contributed by atoms with Crippen molar-refractivity contribution in [3.05, 3.63) is 99.5 Å². The van der Waals surface area contributed by atoms with Gasteiger partial charge in [0.2, 0.25) is 21.8 Å². The number of aryl methyl sites for hydroxylation is 1. The monoisotopic (exact) mass is 603 g/mol. The maximum atomic E-state index is 14.1. The number of sulfonamides is 1. The minimum atomic E-state index is -3.93. The molecule has 2 amide bonds. The van der Waals surface area contributed by atoms with E-state index in [1.165, 1.54) is 23.1 Å². The van der Waals surface area contributed by atoms with Gasteiger partial charge in [-0.2, -0.15) is 0 Å². The summed E-state index contributed by atoms with van der Waals surface area (Å²) in [5.74, 6) is -0.832. The van der Waals surface area contributed by atoms with E-state index in [0.717, 1.165) is 40.1 Å². The summed E-state index contributed by atoms with van der Waals surface area (Å²) >= 11 is 12.4. The van der Waals surface area contributed by atoms with Crippen molar-refractivity contribution in [1.29, 1.82) is 0 Å². The van der Waals surface area contributed by atoms with Gasteiger partial charge < -0.3 is 10.2 Å². The van der Waals surface area contributed by atoms with Crippen LogP contribution >= 0.6 is 23.2 Å². The number of nitrogens with zero attached hydrogens (tertiary/aromatic N) is 2. The molecule has 0 bridgehead atoms. The maximum Gasteiger partial charge on any atom is 0.244 e. The summed E-state index contributed by atoms with van der Waals surface area (Å²) in [5.41, 5.74) is 2.81. The van der Waals surface area contributed by atoms with Gasteiger partial charge in [-0.1, -0.05) is 91.1 Å². The molecule has 0 aliphatic rings. The Kier molecular flexibility index (Phi) is 11.4. The van der Waals surface area contributed by atoms with E-state index in [1.807, 2.05) is 68.4 Å². The second-order valence-electron chi connectivity index (χ2n) is 9.66. The van der Waals surface area contributed by atoms with Crippen LogP contribution in [0.5, 0.6) is 0 Å². The van der Waals surface area contributed by atoms with Crippen LogP contribution in [0.15, 0.2) is 72.8 Å². The molecule has 0 saturated heterocycles. The Morgan fingerprint density at radius 1 is 0.975 bits per heavy atom. The molecule has 1 atom stereocenters. The number of carbonyl (C=O) groups is 2. The fourth-order valence-corrected chi connectivity index (χ4v) is 5.73. The Bertz CT molecular complexity index is 1420.